The highest BCUT2D eigenvalue weighted by Crippen LogP contribution is 2.23. The van der Waals surface area contributed by atoms with Gasteiger partial charge in [-0.2, -0.15) is 0 Å². The van der Waals surface area contributed by atoms with Crippen LogP contribution < -0.4 is 4.74 Å². The van der Waals surface area contributed by atoms with E-state index in [1.165, 1.54) is 37.7 Å². The lowest BCUT2D eigenvalue weighted by Crippen LogP contribution is -2.35. The number of guanidine groups is 1. The molecule has 0 atom stereocenters. The van der Waals surface area contributed by atoms with Gasteiger partial charge in [0.25, 0.3) is 0 Å². The molecule has 0 aliphatic heterocycles. The van der Waals surface area contributed by atoms with Crippen LogP contribution in [0.3, 0.4) is 0 Å². The first-order valence-electron chi connectivity index (χ1n) is 8.21. The largest absolute Gasteiger partial charge is 0.490 e. The van der Waals surface area contributed by atoms with E-state index in [4.69, 9.17) is 4.74 Å². The summed E-state index contributed by atoms with van der Waals surface area (Å²) in [4.78, 5) is 8.72. The molecule has 122 valence electrons. The highest BCUT2D eigenvalue weighted by Gasteiger charge is 2.14. The third kappa shape index (κ3) is 4.93. The molecule has 1 aromatic rings. The molecular formula is C18H29N3O. The van der Waals surface area contributed by atoms with Crippen molar-refractivity contribution >= 4 is 5.96 Å². The quantitative estimate of drug-likeness (QED) is 0.630. The van der Waals surface area contributed by atoms with Crippen molar-refractivity contribution in [1.82, 2.24) is 9.80 Å². The van der Waals surface area contributed by atoms with Crippen molar-refractivity contribution in [2.45, 2.75) is 44.8 Å². The lowest BCUT2D eigenvalue weighted by molar-refractivity contribution is 0.155. The lowest BCUT2D eigenvalue weighted by atomic mass is 9.98. The van der Waals surface area contributed by atoms with Gasteiger partial charge in [-0.05, 0) is 43.4 Å². The summed E-state index contributed by atoms with van der Waals surface area (Å²) in [5, 5.41) is 0. The van der Waals surface area contributed by atoms with E-state index in [1.54, 1.807) is 0 Å². The molecular weight excluding hydrogens is 274 g/mol. The Balaban J connectivity index is 1.92. The molecule has 0 radical (unpaired) electrons. The van der Waals surface area contributed by atoms with Crippen LogP contribution in [0.2, 0.25) is 0 Å². The molecule has 0 bridgehead atoms. The van der Waals surface area contributed by atoms with E-state index >= 15 is 0 Å². The van der Waals surface area contributed by atoms with Crippen molar-refractivity contribution in [3.63, 3.8) is 0 Å². The van der Waals surface area contributed by atoms with Crippen molar-refractivity contribution in [2.75, 3.05) is 28.2 Å². The Morgan fingerprint density at radius 3 is 2.14 bits per heavy atom. The molecule has 1 aliphatic rings. The van der Waals surface area contributed by atoms with Gasteiger partial charge in [-0.3, -0.25) is 0 Å². The molecule has 1 saturated carbocycles. The average Bonchev–Trinajstić information content (AvgIpc) is 2.49. The third-order valence-corrected chi connectivity index (χ3v) is 3.98. The van der Waals surface area contributed by atoms with Gasteiger partial charge >= 0.3 is 0 Å². The highest BCUT2D eigenvalue weighted by molar-refractivity contribution is 5.79. The van der Waals surface area contributed by atoms with E-state index in [1.807, 2.05) is 38.0 Å². The SMILES string of the molecule is CN(C)C(=NCc1ccc(OC2CCCCC2)cc1)N(C)C. The maximum Gasteiger partial charge on any atom is 0.195 e. The van der Waals surface area contributed by atoms with Crippen LogP contribution in [-0.4, -0.2) is 50.1 Å². The second-order valence-corrected chi connectivity index (χ2v) is 6.43. The van der Waals surface area contributed by atoms with E-state index in [9.17, 15) is 0 Å². The maximum absolute atomic E-state index is 6.06. The number of ether oxygens (including phenoxy) is 1. The normalized spacial score (nSPS) is 15.3. The predicted octanol–water partition coefficient (Wildman–Crippen LogP) is 3.38. The molecule has 0 heterocycles. The summed E-state index contributed by atoms with van der Waals surface area (Å²) in [6.07, 6.45) is 6.76. The van der Waals surface area contributed by atoms with Crippen LogP contribution in [-0.2, 0) is 6.54 Å². The number of hydrogen-bond acceptors (Lipinski definition) is 2. The van der Waals surface area contributed by atoms with Crippen molar-refractivity contribution < 1.29 is 4.74 Å². The Morgan fingerprint density at radius 2 is 1.59 bits per heavy atom. The van der Waals surface area contributed by atoms with Crippen molar-refractivity contribution in [2.24, 2.45) is 4.99 Å². The molecule has 0 amide bonds. The van der Waals surface area contributed by atoms with Gasteiger partial charge in [0.15, 0.2) is 5.96 Å². The minimum Gasteiger partial charge on any atom is -0.490 e. The van der Waals surface area contributed by atoms with Gasteiger partial charge in [-0.25, -0.2) is 4.99 Å². The second-order valence-electron chi connectivity index (χ2n) is 6.43. The molecule has 1 aliphatic carbocycles. The Bertz CT molecular complexity index is 464. The van der Waals surface area contributed by atoms with Crippen LogP contribution >= 0.6 is 0 Å². The Morgan fingerprint density at radius 1 is 1.00 bits per heavy atom. The summed E-state index contributed by atoms with van der Waals surface area (Å²) in [7, 11) is 8.06. The van der Waals surface area contributed by atoms with Crippen LogP contribution in [0.5, 0.6) is 5.75 Å². The second kappa shape index (κ2) is 8.06. The first-order chi connectivity index (χ1) is 10.6. The zero-order valence-corrected chi connectivity index (χ0v) is 14.4. The summed E-state index contributed by atoms with van der Waals surface area (Å²) in [5.74, 6) is 1.96. The zero-order chi connectivity index (χ0) is 15.9. The number of benzene rings is 1. The maximum atomic E-state index is 6.06. The number of rotatable bonds is 4. The molecule has 4 heteroatoms. The monoisotopic (exact) mass is 303 g/mol. The smallest absolute Gasteiger partial charge is 0.195 e. The molecule has 0 spiro atoms. The predicted molar refractivity (Wildman–Crippen MR) is 92.5 cm³/mol. The molecule has 0 aromatic heterocycles. The minimum absolute atomic E-state index is 0.409. The van der Waals surface area contributed by atoms with Gasteiger partial charge in [-0.1, -0.05) is 18.6 Å². The van der Waals surface area contributed by atoms with Crippen molar-refractivity contribution in [3.8, 4) is 5.75 Å². The minimum atomic E-state index is 0.409. The van der Waals surface area contributed by atoms with Crippen LogP contribution in [0.15, 0.2) is 29.3 Å². The van der Waals surface area contributed by atoms with Gasteiger partial charge in [0.2, 0.25) is 0 Å². The van der Waals surface area contributed by atoms with Crippen LogP contribution in [0.25, 0.3) is 0 Å². The molecule has 0 saturated heterocycles. The molecule has 4 nitrogen and oxygen atoms in total. The van der Waals surface area contributed by atoms with Crippen molar-refractivity contribution in [1.29, 1.82) is 0 Å². The van der Waals surface area contributed by atoms with E-state index in [2.05, 4.69) is 29.3 Å². The lowest BCUT2D eigenvalue weighted by Gasteiger charge is -2.23. The average molecular weight is 303 g/mol. The Hall–Kier alpha value is -1.71. The van der Waals surface area contributed by atoms with Gasteiger partial charge in [0.1, 0.15) is 5.75 Å². The zero-order valence-electron chi connectivity index (χ0n) is 14.4. The number of nitrogens with zero attached hydrogens (tertiary/aromatic N) is 3. The molecule has 1 aromatic carbocycles. The molecule has 2 rings (SSSR count). The number of hydrogen-bond donors (Lipinski definition) is 0. The van der Waals surface area contributed by atoms with Gasteiger partial charge in [-0.15, -0.1) is 0 Å². The van der Waals surface area contributed by atoms with Gasteiger partial charge < -0.3 is 14.5 Å². The first kappa shape index (κ1) is 16.7. The molecule has 0 N–H and O–H groups in total. The van der Waals surface area contributed by atoms with Crippen LogP contribution in [0, 0.1) is 0 Å². The summed E-state index contributed by atoms with van der Waals surface area (Å²) >= 11 is 0. The summed E-state index contributed by atoms with van der Waals surface area (Å²) < 4.78 is 6.06. The van der Waals surface area contributed by atoms with E-state index in [-0.39, 0.29) is 0 Å². The Kier molecular flexibility index (Phi) is 6.10. The van der Waals surface area contributed by atoms with Gasteiger partial charge in [0.05, 0.1) is 12.6 Å². The van der Waals surface area contributed by atoms with Crippen LogP contribution in [0.1, 0.15) is 37.7 Å². The van der Waals surface area contributed by atoms with E-state index in [0.717, 1.165) is 11.7 Å². The third-order valence-electron chi connectivity index (χ3n) is 3.98. The summed E-state index contributed by atoms with van der Waals surface area (Å²) in [5.41, 5.74) is 1.21. The van der Waals surface area contributed by atoms with Crippen molar-refractivity contribution in [3.05, 3.63) is 29.8 Å². The van der Waals surface area contributed by atoms with E-state index in [0.29, 0.717) is 12.6 Å². The van der Waals surface area contributed by atoms with E-state index < -0.39 is 0 Å². The fourth-order valence-electron chi connectivity index (χ4n) is 2.89. The van der Waals surface area contributed by atoms with Gasteiger partial charge in [0, 0.05) is 28.2 Å². The fourth-order valence-corrected chi connectivity index (χ4v) is 2.89. The standard InChI is InChI=1S/C18H29N3O/c1-20(2)18(21(3)4)19-14-15-10-12-17(13-11-15)22-16-8-6-5-7-9-16/h10-13,16H,5-9,14H2,1-4H3. The fraction of sp³-hybridized carbons (Fsp3) is 0.611. The Labute approximate surface area is 134 Å². The topological polar surface area (TPSA) is 28.1 Å². The summed E-state index contributed by atoms with van der Waals surface area (Å²) in [6.45, 7) is 0.690. The molecule has 0 unspecified atom stereocenters. The highest BCUT2D eigenvalue weighted by atomic mass is 16.5. The number of aliphatic imine (C=N–C) groups is 1. The first-order valence-corrected chi connectivity index (χ1v) is 8.21. The molecule has 22 heavy (non-hydrogen) atoms. The van der Waals surface area contributed by atoms with Crippen LogP contribution in [0.4, 0.5) is 0 Å². The molecule has 1 fully saturated rings. The summed E-state index contributed by atoms with van der Waals surface area (Å²) in [6, 6.07) is 8.38.